The SMILES string of the molecule is COCCC(C)NC(=O)c1cccc(C#CCO)c1. The molecule has 1 atom stereocenters. The normalized spacial score (nSPS) is 11.3. The number of aliphatic hydroxyl groups excluding tert-OH is 1. The van der Waals surface area contributed by atoms with Gasteiger partial charge in [-0.25, -0.2) is 0 Å². The Kier molecular flexibility index (Phi) is 6.65. The molecule has 0 heterocycles. The van der Waals surface area contributed by atoms with E-state index in [1.807, 2.05) is 6.92 Å². The molecule has 1 aromatic carbocycles. The van der Waals surface area contributed by atoms with Crippen molar-refractivity contribution in [3.8, 4) is 11.8 Å². The second-order valence-corrected chi connectivity index (χ2v) is 4.20. The summed E-state index contributed by atoms with van der Waals surface area (Å²) in [7, 11) is 1.64. The van der Waals surface area contributed by atoms with Gasteiger partial charge in [0, 0.05) is 30.9 Å². The summed E-state index contributed by atoms with van der Waals surface area (Å²) < 4.78 is 4.97. The molecule has 19 heavy (non-hydrogen) atoms. The van der Waals surface area contributed by atoms with Gasteiger partial charge in [-0.3, -0.25) is 4.79 Å². The van der Waals surface area contributed by atoms with Crippen LogP contribution in [0.4, 0.5) is 0 Å². The number of amides is 1. The number of methoxy groups -OCH3 is 1. The van der Waals surface area contributed by atoms with E-state index >= 15 is 0 Å². The van der Waals surface area contributed by atoms with E-state index in [2.05, 4.69) is 17.2 Å². The zero-order valence-electron chi connectivity index (χ0n) is 11.3. The standard InChI is InChI=1S/C15H19NO3/c1-12(8-10-19-2)16-15(18)14-7-3-5-13(11-14)6-4-9-17/h3,5,7,11-12,17H,8-10H2,1-2H3,(H,16,18). The van der Waals surface area contributed by atoms with E-state index in [1.54, 1.807) is 31.4 Å². The van der Waals surface area contributed by atoms with Crippen LogP contribution in [-0.4, -0.2) is 37.4 Å². The molecule has 0 spiro atoms. The van der Waals surface area contributed by atoms with E-state index in [9.17, 15) is 4.79 Å². The fourth-order valence-electron chi connectivity index (χ4n) is 1.55. The molecule has 0 radical (unpaired) electrons. The van der Waals surface area contributed by atoms with Crippen LogP contribution in [0.15, 0.2) is 24.3 Å². The zero-order chi connectivity index (χ0) is 14.1. The van der Waals surface area contributed by atoms with Gasteiger partial charge in [-0.05, 0) is 31.5 Å². The van der Waals surface area contributed by atoms with E-state index in [0.717, 1.165) is 6.42 Å². The minimum atomic E-state index is -0.190. The molecule has 102 valence electrons. The molecule has 1 unspecified atom stereocenters. The second kappa shape index (κ2) is 8.30. The number of carbonyl (C=O) groups excluding carboxylic acids is 1. The van der Waals surface area contributed by atoms with E-state index in [-0.39, 0.29) is 18.6 Å². The van der Waals surface area contributed by atoms with Gasteiger partial charge in [0.05, 0.1) is 0 Å². The molecule has 0 aliphatic rings. The van der Waals surface area contributed by atoms with Crippen LogP contribution >= 0.6 is 0 Å². The lowest BCUT2D eigenvalue weighted by Crippen LogP contribution is -2.33. The summed E-state index contributed by atoms with van der Waals surface area (Å²) in [4.78, 5) is 12.0. The predicted octanol–water partition coefficient (Wildman–Crippen LogP) is 1.19. The topological polar surface area (TPSA) is 58.6 Å². The van der Waals surface area contributed by atoms with Crippen molar-refractivity contribution in [2.75, 3.05) is 20.3 Å². The van der Waals surface area contributed by atoms with Gasteiger partial charge < -0.3 is 15.2 Å². The number of hydrogen-bond donors (Lipinski definition) is 2. The summed E-state index contributed by atoms with van der Waals surface area (Å²) in [6.45, 7) is 2.36. The van der Waals surface area contributed by atoms with Crippen LogP contribution in [0.1, 0.15) is 29.3 Å². The van der Waals surface area contributed by atoms with Crippen LogP contribution < -0.4 is 5.32 Å². The van der Waals surface area contributed by atoms with Gasteiger partial charge in [0.25, 0.3) is 5.91 Å². The highest BCUT2D eigenvalue weighted by atomic mass is 16.5. The van der Waals surface area contributed by atoms with Crippen molar-refractivity contribution in [2.24, 2.45) is 0 Å². The molecule has 0 bridgehead atoms. The van der Waals surface area contributed by atoms with Crippen molar-refractivity contribution in [2.45, 2.75) is 19.4 Å². The van der Waals surface area contributed by atoms with Crippen molar-refractivity contribution in [1.82, 2.24) is 5.32 Å². The third-order valence-corrected chi connectivity index (χ3v) is 2.57. The van der Waals surface area contributed by atoms with Crippen molar-refractivity contribution >= 4 is 5.91 Å². The van der Waals surface area contributed by atoms with E-state index in [0.29, 0.717) is 17.7 Å². The van der Waals surface area contributed by atoms with Gasteiger partial charge in [0.1, 0.15) is 6.61 Å². The lowest BCUT2D eigenvalue weighted by atomic mass is 10.1. The highest BCUT2D eigenvalue weighted by Gasteiger charge is 2.09. The Morgan fingerprint density at radius 1 is 1.53 bits per heavy atom. The highest BCUT2D eigenvalue weighted by Crippen LogP contribution is 2.05. The third-order valence-electron chi connectivity index (χ3n) is 2.57. The highest BCUT2D eigenvalue weighted by molar-refractivity contribution is 5.94. The summed E-state index contributed by atoms with van der Waals surface area (Å²) in [5.41, 5.74) is 1.28. The molecule has 0 saturated carbocycles. The molecule has 0 aliphatic heterocycles. The molecule has 0 fully saturated rings. The van der Waals surface area contributed by atoms with E-state index in [4.69, 9.17) is 9.84 Å². The number of ether oxygens (including phenoxy) is 1. The van der Waals surface area contributed by atoms with Crippen LogP contribution in [0.2, 0.25) is 0 Å². The first-order chi connectivity index (χ1) is 9.17. The first-order valence-corrected chi connectivity index (χ1v) is 6.17. The van der Waals surface area contributed by atoms with Crippen LogP contribution in [0.25, 0.3) is 0 Å². The molecule has 1 amide bonds. The van der Waals surface area contributed by atoms with Crippen LogP contribution in [0.5, 0.6) is 0 Å². The Bertz CT molecular complexity index is 474. The first-order valence-electron chi connectivity index (χ1n) is 6.17. The Morgan fingerprint density at radius 2 is 2.32 bits per heavy atom. The van der Waals surface area contributed by atoms with Crippen LogP contribution in [0, 0.1) is 11.8 Å². The van der Waals surface area contributed by atoms with Gasteiger partial charge in [-0.1, -0.05) is 17.9 Å². The summed E-state index contributed by atoms with van der Waals surface area (Å²) in [5, 5.41) is 11.5. The summed E-state index contributed by atoms with van der Waals surface area (Å²) in [5.74, 6) is 5.21. The summed E-state index contributed by atoms with van der Waals surface area (Å²) in [6.07, 6.45) is 0.770. The Morgan fingerprint density at radius 3 is 3.00 bits per heavy atom. The monoisotopic (exact) mass is 261 g/mol. The Balaban J connectivity index is 2.66. The Hall–Kier alpha value is -1.83. The average molecular weight is 261 g/mol. The van der Waals surface area contributed by atoms with Crippen LogP contribution in [-0.2, 0) is 4.74 Å². The van der Waals surface area contributed by atoms with Crippen molar-refractivity contribution in [3.05, 3.63) is 35.4 Å². The van der Waals surface area contributed by atoms with Gasteiger partial charge in [0.2, 0.25) is 0 Å². The largest absolute Gasteiger partial charge is 0.385 e. The average Bonchev–Trinajstić information content (AvgIpc) is 2.43. The third kappa shape index (κ3) is 5.56. The minimum Gasteiger partial charge on any atom is -0.385 e. The van der Waals surface area contributed by atoms with Crippen molar-refractivity contribution < 1.29 is 14.6 Å². The van der Waals surface area contributed by atoms with Crippen molar-refractivity contribution in [1.29, 1.82) is 0 Å². The fourth-order valence-corrected chi connectivity index (χ4v) is 1.55. The van der Waals surface area contributed by atoms with E-state index < -0.39 is 0 Å². The van der Waals surface area contributed by atoms with E-state index in [1.165, 1.54) is 0 Å². The molecule has 0 aliphatic carbocycles. The molecule has 1 rings (SSSR count). The molecule has 0 saturated heterocycles. The van der Waals surface area contributed by atoms with Crippen molar-refractivity contribution in [3.63, 3.8) is 0 Å². The minimum absolute atomic E-state index is 0.0552. The quantitative estimate of drug-likeness (QED) is 0.783. The molecule has 4 nitrogen and oxygen atoms in total. The molecular formula is C15H19NO3. The smallest absolute Gasteiger partial charge is 0.251 e. The Labute approximate surface area is 113 Å². The number of rotatable bonds is 5. The number of hydrogen-bond acceptors (Lipinski definition) is 3. The van der Waals surface area contributed by atoms with Crippen LogP contribution in [0.3, 0.4) is 0 Å². The lowest BCUT2D eigenvalue weighted by Gasteiger charge is -2.13. The number of benzene rings is 1. The second-order valence-electron chi connectivity index (χ2n) is 4.20. The summed E-state index contributed by atoms with van der Waals surface area (Å²) in [6, 6.07) is 7.08. The number of aliphatic hydroxyl groups is 1. The molecule has 2 N–H and O–H groups in total. The molecule has 0 aromatic heterocycles. The van der Waals surface area contributed by atoms with Gasteiger partial charge in [-0.2, -0.15) is 0 Å². The van der Waals surface area contributed by atoms with Gasteiger partial charge in [0.15, 0.2) is 0 Å². The maximum absolute atomic E-state index is 12.0. The molecule has 4 heteroatoms. The molecule has 1 aromatic rings. The molecular weight excluding hydrogens is 242 g/mol. The first kappa shape index (κ1) is 15.2. The fraction of sp³-hybridized carbons (Fsp3) is 0.400. The summed E-state index contributed by atoms with van der Waals surface area (Å²) >= 11 is 0. The number of carbonyl (C=O) groups is 1. The maximum Gasteiger partial charge on any atom is 0.251 e. The zero-order valence-corrected chi connectivity index (χ0v) is 11.3. The van der Waals surface area contributed by atoms with Gasteiger partial charge in [-0.15, -0.1) is 0 Å². The maximum atomic E-state index is 12.0. The number of nitrogens with one attached hydrogen (secondary N) is 1. The predicted molar refractivity (Wildman–Crippen MR) is 73.8 cm³/mol. The lowest BCUT2D eigenvalue weighted by molar-refractivity contribution is 0.0929. The van der Waals surface area contributed by atoms with Gasteiger partial charge >= 0.3 is 0 Å².